The summed E-state index contributed by atoms with van der Waals surface area (Å²) < 4.78 is 16.7. The van der Waals surface area contributed by atoms with Gasteiger partial charge in [-0.05, 0) is 18.1 Å². The molecule has 0 spiro atoms. The van der Waals surface area contributed by atoms with Gasteiger partial charge in [-0.3, -0.25) is 4.57 Å². The van der Waals surface area contributed by atoms with E-state index in [0.29, 0.717) is 12.5 Å². The topological polar surface area (TPSA) is 26.3 Å². The predicted octanol–water partition coefficient (Wildman–Crippen LogP) is 2.73. The molecule has 1 atom stereocenters. The summed E-state index contributed by atoms with van der Waals surface area (Å²) >= 11 is 0. The molecule has 3 heteroatoms. The van der Waals surface area contributed by atoms with E-state index in [1.807, 2.05) is 44.2 Å². The lowest BCUT2D eigenvalue weighted by Gasteiger charge is -2.04. The highest BCUT2D eigenvalue weighted by Gasteiger charge is 2.04. The first-order valence-corrected chi connectivity index (χ1v) is 5.53. The fourth-order valence-corrected chi connectivity index (χ4v) is 1.84. The van der Waals surface area contributed by atoms with Crippen LogP contribution in [0.4, 0.5) is 0 Å². The molecule has 13 heavy (non-hydrogen) atoms. The van der Waals surface area contributed by atoms with E-state index in [1.165, 1.54) is 0 Å². The Bertz CT molecular complexity index is 270. The molecule has 0 aliphatic heterocycles. The number of benzene rings is 1. The molecule has 1 rings (SSSR count). The lowest BCUT2D eigenvalue weighted by Crippen LogP contribution is -2.02. The zero-order valence-electron chi connectivity index (χ0n) is 7.93. The highest BCUT2D eigenvalue weighted by Crippen LogP contribution is 2.21. The molecule has 0 saturated heterocycles. The van der Waals surface area contributed by atoms with Crippen molar-refractivity contribution in [3.05, 3.63) is 30.3 Å². The quantitative estimate of drug-likeness (QED) is 0.693. The van der Waals surface area contributed by atoms with E-state index in [4.69, 9.17) is 4.52 Å². The maximum atomic E-state index is 11.5. The van der Waals surface area contributed by atoms with Gasteiger partial charge in [0.15, 0.2) is 0 Å². The molecule has 1 aromatic rings. The molecule has 0 saturated carbocycles. The second-order valence-electron chi connectivity index (χ2n) is 3.28. The van der Waals surface area contributed by atoms with Gasteiger partial charge in [-0.25, -0.2) is 0 Å². The Morgan fingerprint density at radius 3 is 2.46 bits per heavy atom. The standard InChI is InChI=1S/C10H14O2P/c1-9(2)8-12-13(11)10-6-4-3-5-7-10/h3-7,9H,8H2,1-2H3. The van der Waals surface area contributed by atoms with Gasteiger partial charge in [-0.2, -0.15) is 0 Å². The zero-order chi connectivity index (χ0) is 9.68. The van der Waals surface area contributed by atoms with Crippen LogP contribution in [0.15, 0.2) is 30.3 Å². The monoisotopic (exact) mass is 197 g/mol. The van der Waals surface area contributed by atoms with Crippen LogP contribution in [0.2, 0.25) is 0 Å². The third-order valence-electron chi connectivity index (χ3n) is 1.49. The predicted molar refractivity (Wildman–Crippen MR) is 54.5 cm³/mol. The van der Waals surface area contributed by atoms with Crippen LogP contribution in [0, 0.1) is 5.92 Å². The van der Waals surface area contributed by atoms with E-state index in [-0.39, 0.29) is 0 Å². The maximum Gasteiger partial charge on any atom is 0.246 e. The van der Waals surface area contributed by atoms with Gasteiger partial charge < -0.3 is 4.52 Å². The van der Waals surface area contributed by atoms with Gasteiger partial charge in [-0.15, -0.1) is 0 Å². The molecule has 2 nitrogen and oxygen atoms in total. The average Bonchev–Trinajstić information content (AvgIpc) is 2.15. The van der Waals surface area contributed by atoms with Gasteiger partial charge in [-0.1, -0.05) is 32.0 Å². The minimum Gasteiger partial charge on any atom is -0.300 e. The highest BCUT2D eigenvalue weighted by atomic mass is 31.1. The van der Waals surface area contributed by atoms with Crippen LogP contribution in [0.1, 0.15) is 13.8 Å². The molecule has 0 aromatic heterocycles. The number of rotatable bonds is 4. The minimum atomic E-state index is -1.66. The Labute approximate surface area is 79.8 Å². The van der Waals surface area contributed by atoms with Crippen LogP contribution in [0.25, 0.3) is 0 Å². The van der Waals surface area contributed by atoms with Crippen LogP contribution in [-0.4, -0.2) is 6.61 Å². The Morgan fingerprint density at radius 2 is 1.92 bits per heavy atom. The normalized spacial score (nSPS) is 11.8. The Kier molecular flexibility index (Phi) is 4.07. The first kappa shape index (κ1) is 10.4. The van der Waals surface area contributed by atoms with Crippen molar-refractivity contribution >= 4 is 13.3 Å². The number of hydrogen-bond acceptors (Lipinski definition) is 2. The molecule has 71 valence electrons. The van der Waals surface area contributed by atoms with Gasteiger partial charge in [0.2, 0.25) is 8.03 Å². The molecular formula is C10H14O2P. The molecule has 0 N–H and O–H groups in total. The first-order valence-electron chi connectivity index (χ1n) is 4.35. The molecule has 0 amide bonds. The third kappa shape index (κ3) is 3.67. The van der Waals surface area contributed by atoms with E-state index in [2.05, 4.69) is 0 Å². The van der Waals surface area contributed by atoms with E-state index in [1.54, 1.807) is 0 Å². The summed E-state index contributed by atoms with van der Waals surface area (Å²) in [6, 6.07) is 9.26. The first-order chi connectivity index (χ1) is 6.20. The van der Waals surface area contributed by atoms with Crippen molar-refractivity contribution in [2.24, 2.45) is 5.92 Å². The SMILES string of the molecule is CC(C)CO[P](=O)c1ccccc1. The highest BCUT2D eigenvalue weighted by molar-refractivity contribution is 7.48. The second-order valence-corrected chi connectivity index (χ2v) is 4.57. The molecule has 1 radical (unpaired) electrons. The average molecular weight is 197 g/mol. The van der Waals surface area contributed by atoms with Gasteiger partial charge in [0, 0.05) is 0 Å². The van der Waals surface area contributed by atoms with Gasteiger partial charge in [0.1, 0.15) is 0 Å². The van der Waals surface area contributed by atoms with E-state index >= 15 is 0 Å². The Balaban J connectivity index is 2.50. The fourth-order valence-electron chi connectivity index (χ4n) is 0.841. The molecule has 1 aromatic carbocycles. The van der Waals surface area contributed by atoms with Crippen LogP contribution in [-0.2, 0) is 9.09 Å². The fraction of sp³-hybridized carbons (Fsp3) is 0.400. The van der Waals surface area contributed by atoms with Crippen molar-refractivity contribution < 1.29 is 9.09 Å². The van der Waals surface area contributed by atoms with E-state index in [9.17, 15) is 4.57 Å². The summed E-state index contributed by atoms with van der Waals surface area (Å²) in [5.41, 5.74) is 0. The van der Waals surface area contributed by atoms with Crippen LogP contribution in [0.5, 0.6) is 0 Å². The maximum absolute atomic E-state index is 11.5. The van der Waals surface area contributed by atoms with Crippen LogP contribution in [0.3, 0.4) is 0 Å². The van der Waals surface area contributed by atoms with Crippen molar-refractivity contribution in [1.82, 2.24) is 0 Å². The van der Waals surface area contributed by atoms with Crippen LogP contribution >= 0.6 is 8.03 Å². The van der Waals surface area contributed by atoms with Gasteiger partial charge in [0.05, 0.1) is 11.9 Å². The Morgan fingerprint density at radius 1 is 1.31 bits per heavy atom. The lowest BCUT2D eigenvalue weighted by atomic mass is 10.2. The molecule has 0 aliphatic carbocycles. The summed E-state index contributed by atoms with van der Waals surface area (Å²) in [6.07, 6.45) is 0. The van der Waals surface area contributed by atoms with Crippen molar-refractivity contribution in [3.63, 3.8) is 0 Å². The minimum absolute atomic E-state index is 0.419. The summed E-state index contributed by atoms with van der Waals surface area (Å²) in [5, 5.41) is 0.762. The summed E-state index contributed by atoms with van der Waals surface area (Å²) in [7, 11) is -1.66. The van der Waals surface area contributed by atoms with Crippen molar-refractivity contribution in [2.75, 3.05) is 6.61 Å². The molecular weight excluding hydrogens is 183 g/mol. The third-order valence-corrected chi connectivity index (χ3v) is 2.60. The van der Waals surface area contributed by atoms with Crippen LogP contribution < -0.4 is 5.30 Å². The lowest BCUT2D eigenvalue weighted by molar-refractivity contribution is 0.287. The van der Waals surface area contributed by atoms with Gasteiger partial charge >= 0.3 is 0 Å². The Hall–Kier alpha value is -0.720. The smallest absolute Gasteiger partial charge is 0.246 e. The summed E-state index contributed by atoms with van der Waals surface area (Å²) in [6.45, 7) is 4.62. The zero-order valence-corrected chi connectivity index (χ0v) is 8.83. The number of hydrogen-bond donors (Lipinski definition) is 0. The molecule has 0 heterocycles. The summed E-state index contributed by atoms with van der Waals surface area (Å²) in [4.78, 5) is 0. The second kappa shape index (κ2) is 5.11. The molecule has 0 fully saturated rings. The largest absolute Gasteiger partial charge is 0.300 e. The van der Waals surface area contributed by atoms with Gasteiger partial charge in [0.25, 0.3) is 0 Å². The molecule has 0 bridgehead atoms. The van der Waals surface area contributed by atoms with Crippen molar-refractivity contribution in [3.8, 4) is 0 Å². The van der Waals surface area contributed by atoms with E-state index < -0.39 is 8.03 Å². The van der Waals surface area contributed by atoms with Crippen molar-refractivity contribution in [1.29, 1.82) is 0 Å². The molecule has 0 aliphatic rings. The van der Waals surface area contributed by atoms with Crippen molar-refractivity contribution in [2.45, 2.75) is 13.8 Å². The molecule has 1 unspecified atom stereocenters. The van der Waals surface area contributed by atoms with E-state index in [0.717, 1.165) is 5.30 Å². The summed E-state index contributed by atoms with van der Waals surface area (Å²) in [5.74, 6) is 0.419.